The van der Waals surface area contributed by atoms with Crippen molar-refractivity contribution in [3.05, 3.63) is 42.5 Å². The van der Waals surface area contributed by atoms with E-state index >= 15 is 0 Å². The SMILES string of the molecule is C=C1CC2CCCCC[C@]2(O)[C@H]1CSc1ccccc1. The van der Waals surface area contributed by atoms with E-state index in [4.69, 9.17) is 0 Å². The molecule has 108 valence electrons. The van der Waals surface area contributed by atoms with Crippen LogP contribution in [0, 0.1) is 11.8 Å². The van der Waals surface area contributed by atoms with E-state index in [2.05, 4.69) is 30.8 Å². The van der Waals surface area contributed by atoms with Crippen molar-refractivity contribution in [2.45, 2.75) is 49.0 Å². The first kappa shape index (κ1) is 14.2. The molecule has 1 nitrogen and oxygen atoms in total. The quantitative estimate of drug-likeness (QED) is 0.644. The molecular weight excluding hydrogens is 264 g/mol. The van der Waals surface area contributed by atoms with E-state index in [1.54, 1.807) is 0 Å². The average molecular weight is 288 g/mol. The number of fused-ring (bicyclic) bond motifs is 1. The predicted molar refractivity (Wildman–Crippen MR) is 85.9 cm³/mol. The Morgan fingerprint density at radius 1 is 1.20 bits per heavy atom. The van der Waals surface area contributed by atoms with Crippen molar-refractivity contribution in [3.8, 4) is 0 Å². The molecule has 1 aromatic carbocycles. The Hall–Kier alpha value is -0.730. The van der Waals surface area contributed by atoms with Crippen molar-refractivity contribution in [2.24, 2.45) is 11.8 Å². The monoisotopic (exact) mass is 288 g/mol. The molecule has 0 heterocycles. The van der Waals surface area contributed by atoms with Gasteiger partial charge in [-0.15, -0.1) is 11.8 Å². The molecule has 0 saturated heterocycles. The van der Waals surface area contributed by atoms with Crippen LogP contribution < -0.4 is 0 Å². The van der Waals surface area contributed by atoms with Crippen LogP contribution in [0.15, 0.2) is 47.4 Å². The first-order valence-electron chi connectivity index (χ1n) is 7.78. The highest BCUT2D eigenvalue weighted by molar-refractivity contribution is 7.99. The molecule has 0 bridgehead atoms. The summed E-state index contributed by atoms with van der Waals surface area (Å²) >= 11 is 1.86. The smallest absolute Gasteiger partial charge is 0.0751 e. The first-order valence-corrected chi connectivity index (χ1v) is 8.76. The van der Waals surface area contributed by atoms with Crippen molar-refractivity contribution in [1.82, 2.24) is 0 Å². The molecule has 20 heavy (non-hydrogen) atoms. The van der Waals surface area contributed by atoms with E-state index in [0.29, 0.717) is 5.92 Å². The molecule has 0 spiro atoms. The molecule has 0 aromatic heterocycles. The summed E-state index contributed by atoms with van der Waals surface area (Å²) < 4.78 is 0. The van der Waals surface area contributed by atoms with E-state index in [9.17, 15) is 5.11 Å². The van der Waals surface area contributed by atoms with Gasteiger partial charge in [0.2, 0.25) is 0 Å². The van der Waals surface area contributed by atoms with Gasteiger partial charge in [0, 0.05) is 16.6 Å². The standard InChI is InChI=1S/C18H24OS/c1-14-12-15-8-4-3-7-11-18(15,19)17(14)13-20-16-9-5-2-6-10-16/h2,5-6,9-10,15,17,19H,1,3-4,7-8,11-13H2/t15?,17-,18+/m0/s1. The lowest BCUT2D eigenvalue weighted by Gasteiger charge is -2.34. The lowest BCUT2D eigenvalue weighted by molar-refractivity contribution is -0.0312. The van der Waals surface area contributed by atoms with Gasteiger partial charge < -0.3 is 5.11 Å². The maximum Gasteiger partial charge on any atom is 0.0751 e. The highest BCUT2D eigenvalue weighted by Gasteiger charge is 2.50. The Kier molecular flexibility index (Phi) is 4.23. The third-order valence-electron chi connectivity index (χ3n) is 5.10. The van der Waals surface area contributed by atoms with Crippen LogP contribution in [0.25, 0.3) is 0 Å². The van der Waals surface area contributed by atoms with Crippen LogP contribution in [0.1, 0.15) is 38.5 Å². The lowest BCUT2D eigenvalue weighted by atomic mass is 9.81. The Morgan fingerprint density at radius 2 is 2.00 bits per heavy atom. The molecule has 2 aliphatic carbocycles. The molecule has 2 heteroatoms. The molecule has 0 aliphatic heterocycles. The summed E-state index contributed by atoms with van der Waals surface area (Å²) in [5, 5.41) is 11.2. The van der Waals surface area contributed by atoms with Crippen molar-refractivity contribution in [3.63, 3.8) is 0 Å². The van der Waals surface area contributed by atoms with Gasteiger partial charge in [-0.3, -0.25) is 0 Å². The fraction of sp³-hybridized carbons (Fsp3) is 0.556. The second-order valence-electron chi connectivity index (χ2n) is 6.33. The highest BCUT2D eigenvalue weighted by Crippen LogP contribution is 2.51. The zero-order valence-electron chi connectivity index (χ0n) is 12.1. The molecule has 3 atom stereocenters. The van der Waals surface area contributed by atoms with Gasteiger partial charge in [-0.05, 0) is 37.3 Å². The van der Waals surface area contributed by atoms with Gasteiger partial charge in [-0.2, -0.15) is 0 Å². The molecular formula is C18H24OS. The van der Waals surface area contributed by atoms with Crippen LogP contribution in [0.2, 0.25) is 0 Å². The Labute approximate surface area is 126 Å². The number of hydrogen-bond acceptors (Lipinski definition) is 2. The van der Waals surface area contributed by atoms with Gasteiger partial charge >= 0.3 is 0 Å². The van der Waals surface area contributed by atoms with Gasteiger partial charge in [-0.25, -0.2) is 0 Å². The Balaban J connectivity index is 1.72. The van der Waals surface area contributed by atoms with E-state index in [1.165, 1.54) is 36.2 Å². The summed E-state index contributed by atoms with van der Waals surface area (Å²) in [4.78, 5) is 1.29. The molecule has 1 aromatic rings. The lowest BCUT2D eigenvalue weighted by Crippen LogP contribution is -2.40. The van der Waals surface area contributed by atoms with E-state index in [0.717, 1.165) is 18.6 Å². The summed E-state index contributed by atoms with van der Waals surface area (Å²) in [7, 11) is 0. The summed E-state index contributed by atoms with van der Waals surface area (Å²) in [6.07, 6.45) is 6.92. The minimum atomic E-state index is -0.477. The maximum atomic E-state index is 11.2. The second-order valence-corrected chi connectivity index (χ2v) is 7.42. The zero-order valence-corrected chi connectivity index (χ0v) is 12.9. The van der Waals surface area contributed by atoms with E-state index in [1.807, 2.05) is 17.8 Å². The molecule has 0 radical (unpaired) electrons. The van der Waals surface area contributed by atoms with Crippen molar-refractivity contribution >= 4 is 11.8 Å². The van der Waals surface area contributed by atoms with Crippen LogP contribution in [0.5, 0.6) is 0 Å². The molecule has 2 saturated carbocycles. The van der Waals surface area contributed by atoms with Crippen LogP contribution in [-0.4, -0.2) is 16.5 Å². The molecule has 2 fully saturated rings. The average Bonchev–Trinajstić information content (AvgIpc) is 2.59. The summed E-state index contributed by atoms with van der Waals surface area (Å²) in [6.45, 7) is 4.27. The largest absolute Gasteiger partial charge is 0.389 e. The second kappa shape index (κ2) is 5.95. The maximum absolute atomic E-state index is 11.2. The van der Waals surface area contributed by atoms with Crippen molar-refractivity contribution in [1.29, 1.82) is 0 Å². The third kappa shape index (κ3) is 2.68. The van der Waals surface area contributed by atoms with E-state index < -0.39 is 5.60 Å². The molecule has 2 aliphatic rings. The number of aliphatic hydroxyl groups is 1. The van der Waals surface area contributed by atoms with Crippen LogP contribution in [-0.2, 0) is 0 Å². The van der Waals surface area contributed by atoms with Crippen LogP contribution >= 0.6 is 11.8 Å². The summed E-state index contributed by atoms with van der Waals surface area (Å²) in [6, 6.07) is 10.5. The van der Waals surface area contributed by atoms with Gasteiger partial charge in [0.05, 0.1) is 5.60 Å². The van der Waals surface area contributed by atoms with Gasteiger partial charge in [0.15, 0.2) is 0 Å². The zero-order chi connectivity index (χ0) is 14.0. The first-order chi connectivity index (χ1) is 9.70. The number of benzene rings is 1. The fourth-order valence-corrected chi connectivity index (χ4v) is 5.17. The molecule has 1 unspecified atom stereocenters. The number of rotatable bonds is 3. The van der Waals surface area contributed by atoms with Gasteiger partial charge in [0.1, 0.15) is 0 Å². The van der Waals surface area contributed by atoms with Gasteiger partial charge in [0.25, 0.3) is 0 Å². The number of thioether (sulfide) groups is 1. The minimum absolute atomic E-state index is 0.274. The number of hydrogen-bond donors (Lipinski definition) is 1. The summed E-state index contributed by atoms with van der Waals surface area (Å²) in [5.74, 6) is 1.70. The van der Waals surface area contributed by atoms with Crippen molar-refractivity contribution < 1.29 is 5.11 Å². The van der Waals surface area contributed by atoms with Gasteiger partial charge in [-0.1, -0.05) is 49.6 Å². The Bertz CT molecular complexity index is 470. The normalized spacial score (nSPS) is 33.8. The highest BCUT2D eigenvalue weighted by atomic mass is 32.2. The molecule has 0 amide bonds. The van der Waals surface area contributed by atoms with Crippen molar-refractivity contribution in [2.75, 3.05) is 5.75 Å². The minimum Gasteiger partial charge on any atom is -0.389 e. The Morgan fingerprint density at radius 3 is 2.80 bits per heavy atom. The predicted octanol–water partition coefficient (Wildman–Crippen LogP) is 4.67. The fourth-order valence-electron chi connectivity index (χ4n) is 3.94. The van der Waals surface area contributed by atoms with Crippen LogP contribution in [0.3, 0.4) is 0 Å². The topological polar surface area (TPSA) is 20.2 Å². The molecule has 3 rings (SSSR count). The molecule has 1 N–H and O–H groups in total. The van der Waals surface area contributed by atoms with Crippen LogP contribution in [0.4, 0.5) is 0 Å². The third-order valence-corrected chi connectivity index (χ3v) is 6.21. The summed E-state index contributed by atoms with van der Waals surface area (Å²) in [5.41, 5.74) is 0.804. The van der Waals surface area contributed by atoms with E-state index in [-0.39, 0.29) is 5.92 Å².